The van der Waals surface area contributed by atoms with Crippen molar-refractivity contribution >= 4 is 18.3 Å². The number of amides is 1. The lowest BCUT2D eigenvalue weighted by atomic mass is 10.1. The maximum atomic E-state index is 12.1. The zero-order chi connectivity index (χ0) is 19.6. The molecule has 0 radical (unpaired) electrons. The van der Waals surface area contributed by atoms with Crippen molar-refractivity contribution in [1.82, 2.24) is 10.4 Å². The van der Waals surface area contributed by atoms with Crippen molar-refractivity contribution in [1.29, 1.82) is 0 Å². The molecule has 1 aliphatic heterocycles. The number of hydrogen-bond donors (Lipinski definition) is 1. The van der Waals surface area contributed by atoms with Crippen molar-refractivity contribution in [3.05, 3.63) is 35.9 Å². The Balaban J connectivity index is 1.98. The van der Waals surface area contributed by atoms with Crippen LogP contribution in [0.4, 0.5) is 4.79 Å². The highest BCUT2D eigenvalue weighted by Gasteiger charge is 2.40. The fourth-order valence-corrected chi connectivity index (χ4v) is 2.61. The van der Waals surface area contributed by atoms with Gasteiger partial charge in [-0.25, -0.2) is 4.79 Å². The maximum absolute atomic E-state index is 12.1. The lowest BCUT2D eigenvalue weighted by Gasteiger charge is -2.24. The van der Waals surface area contributed by atoms with Crippen LogP contribution in [0, 0.1) is 5.92 Å². The summed E-state index contributed by atoms with van der Waals surface area (Å²) in [4.78, 5) is 39.6. The summed E-state index contributed by atoms with van der Waals surface area (Å²) in [5, 5.41) is 4.00. The summed E-state index contributed by atoms with van der Waals surface area (Å²) in [7, 11) is 0. The highest BCUT2D eigenvalue weighted by atomic mass is 16.8. The van der Waals surface area contributed by atoms with Crippen molar-refractivity contribution in [2.45, 2.75) is 45.4 Å². The third-order valence-electron chi connectivity index (χ3n) is 4.17. The molecule has 0 spiro atoms. The molecule has 1 amide bonds. The fourth-order valence-electron chi connectivity index (χ4n) is 2.61. The van der Waals surface area contributed by atoms with Gasteiger partial charge >= 0.3 is 12.1 Å². The highest BCUT2D eigenvalue weighted by molar-refractivity contribution is 5.69. The first-order chi connectivity index (χ1) is 13.0. The van der Waals surface area contributed by atoms with Gasteiger partial charge < -0.3 is 24.4 Å². The molecule has 8 nitrogen and oxygen atoms in total. The van der Waals surface area contributed by atoms with Gasteiger partial charge in [0.05, 0.1) is 0 Å². The van der Waals surface area contributed by atoms with Crippen LogP contribution in [0.1, 0.15) is 32.3 Å². The van der Waals surface area contributed by atoms with E-state index in [9.17, 15) is 14.4 Å². The highest BCUT2D eigenvalue weighted by Crippen LogP contribution is 2.23. The molecule has 3 unspecified atom stereocenters. The van der Waals surface area contributed by atoms with Crippen molar-refractivity contribution in [2.75, 3.05) is 13.3 Å². The largest absolute Gasteiger partial charge is 0.434 e. The standard InChI is InChI=1S/C19H26N2O6/c1-3-17(23)26-18-16(11-15-7-5-4-6-8-15)21(13-25-18)27-19(24)20-12-14(2)9-10-22/h4-8,10,14,16,18H,3,9,11-13H2,1-2H3,(H,20,24). The van der Waals surface area contributed by atoms with Gasteiger partial charge in [0.1, 0.15) is 19.1 Å². The van der Waals surface area contributed by atoms with E-state index in [1.54, 1.807) is 6.92 Å². The Labute approximate surface area is 158 Å². The molecular formula is C19H26N2O6. The molecule has 1 N–H and O–H groups in total. The molecule has 1 fully saturated rings. The van der Waals surface area contributed by atoms with Crippen molar-refractivity contribution in [2.24, 2.45) is 5.92 Å². The van der Waals surface area contributed by atoms with Crippen LogP contribution in [0.25, 0.3) is 0 Å². The van der Waals surface area contributed by atoms with Gasteiger partial charge in [0.25, 0.3) is 0 Å². The van der Waals surface area contributed by atoms with E-state index in [0.717, 1.165) is 11.8 Å². The second-order valence-electron chi connectivity index (χ2n) is 6.45. The number of ether oxygens (including phenoxy) is 2. The number of benzene rings is 1. The molecule has 0 saturated carbocycles. The number of rotatable bonds is 9. The predicted molar refractivity (Wildman–Crippen MR) is 96.2 cm³/mol. The predicted octanol–water partition coefficient (Wildman–Crippen LogP) is 2.03. The maximum Gasteiger partial charge on any atom is 0.426 e. The van der Waals surface area contributed by atoms with E-state index in [-0.39, 0.29) is 25.0 Å². The summed E-state index contributed by atoms with van der Waals surface area (Å²) in [6, 6.07) is 9.15. The number of hydroxylamine groups is 2. The number of aldehydes is 1. The first-order valence-corrected chi connectivity index (χ1v) is 9.04. The fraction of sp³-hybridized carbons (Fsp3) is 0.526. The molecule has 148 valence electrons. The summed E-state index contributed by atoms with van der Waals surface area (Å²) < 4.78 is 10.9. The number of hydrogen-bond acceptors (Lipinski definition) is 7. The van der Waals surface area contributed by atoms with E-state index in [1.807, 2.05) is 37.3 Å². The number of carbonyl (C=O) groups is 3. The normalized spacial score (nSPS) is 20.7. The molecule has 27 heavy (non-hydrogen) atoms. The van der Waals surface area contributed by atoms with Crippen LogP contribution in [-0.4, -0.2) is 49.0 Å². The van der Waals surface area contributed by atoms with Crippen LogP contribution in [0.3, 0.4) is 0 Å². The molecule has 0 aromatic heterocycles. The average Bonchev–Trinajstić information content (AvgIpc) is 3.02. The van der Waals surface area contributed by atoms with Crippen molar-refractivity contribution in [3.63, 3.8) is 0 Å². The van der Waals surface area contributed by atoms with Crippen LogP contribution in [0.5, 0.6) is 0 Å². The second kappa shape index (κ2) is 10.6. The lowest BCUT2D eigenvalue weighted by Crippen LogP contribution is -2.43. The SMILES string of the molecule is CCC(=O)OC1OCN(OC(=O)NCC(C)CC=O)C1Cc1ccccc1. The summed E-state index contributed by atoms with van der Waals surface area (Å²) >= 11 is 0. The van der Waals surface area contributed by atoms with Gasteiger partial charge in [-0.2, -0.15) is 0 Å². The minimum absolute atomic E-state index is 0.00350. The third kappa shape index (κ3) is 6.65. The van der Waals surface area contributed by atoms with E-state index in [2.05, 4.69) is 5.32 Å². The summed E-state index contributed by atoms with van der Waals surface area (Å²) in [6.07, 6.45) is 0.426. The molecular weight excluding hydrogens is 352 g/mol. The van der Waals surface area contributed by atoms with E-state index in [4.69, 9.17) is 14.3 Å². The van der Waals surface area contributed by atoms with Gasteiger partial charge in [-0.1, -0.05) is 44.2 Å². The molecule has 1 heterocycles. The molecule has 2 rings (SSSR count). The zero-order valence-corrected chi connectivity index (χ0v) is 15.6. The van der Waals surface area contributed by atoms with Crippen LogP contribution in [0.15, 0.2) is 30.3 Å². The average molecular weight is 378 g/mol. The Kier molecular flexibility index (Phi) is 8.22. The van der Waals surface area contributed by atoms with Crippen molar-refractivity contribution < 1.29 is 28.7 Å². The minimum Gasteiger partial charge on any atom is -0.434 e. The summed E-state index contributed by atoms with van der Waals surface area (Å²) in [5.41, 5.74) is 0.999. The van der Waals surface area contributed by atoms with Gasteiger partial charge in [0.2, 0.25) is 6.29 Å². The van der Waals surface area contributed by atoms with Crippen molar-refractivity contribution in [3.8, 4) is 0 Å². The Hall–Kier alpha value is -2.45. The lowest BCUT2D eigenvalue weighted by molar-refractivity contribution is -0.171. The first kappa shape index (κ1) is 20.9. The van der Waals surface area contributed by atoms with Gasteiger partial charge in [0, 0.05) is 19.4 Å². The topological polar surface area (TPSA) is 94.2 Å². The third-order valence-corrected chi connectivity index (χ3v) is 4.17. The monoisotopic (exact) mass is 378 g/mol. The Bertz CT molecular complexity index is 624. The van der Waals surface area contributed by atoms with E-state index >= 15 is 0 Å². The molecule has 0 bridgehead atoms. The molecule has 3 atom stereocenters. The molecule has 8 heteroatoms. The Morgan fingerprint density at radius 3 is 2.78 bits per heavy atom. The molecule has 1 aliphatic rings. The summed E-state index contributed by atoms with van der Waals surface area (Å²) in [5.74, 6) is -0.365. The number of esters is 1. The quantitative estimate of drug-likeness (QED) is 0.519. The molecule has 0 aliphatic carbocycles. The Morgan fingerprint density at radius 2 is 2.11 bits per heavy atom. The zero-order valence-electron chi connectivity index (χ0n) is 15.6. The molecule has 1 aromatic rings. The van der Waals surface area contributed by atoms with Crippen LogP contribution in [-0.2, 0) is 30.3 Å². The van der Waals surface area contributed by atoms with Gasteiger partial charge in [0.15, 0.2) is 0 Å². The number of nitrogens with one attached hydrogen (secondary N) is 1. The number of carbonyl (C=O) groups excluding carboxylic acids is 3. The summed E-state index contributed by atoms with van der Waals surface area (Å²) in [6.45, 7) is 3.87. The molecule has 1 aromatic carbocycles. The van der Waals surface area contributed by atoms with E-state index < -0.39 is 18.4 Å². The van der Waals surface area contributed by atoms with E-state index in [1.165, 1.54) is 5.06 Å². The van der Waals surface area contributed by atoms with Gasteiger partial charge in [-0.3, -0.25) is 4.79 Å². The molecule has 1 saturated heterocycles. The smallest absolute Gasteiger partial charge is 0.426 e. The van der Waals surface area contributed by atoms with Gasteiger partial charge in [-0.05, 0) is 17.9 Å². The van der Waals surface area contributed by atoms with Crippen LogP contribution >= 0.6 is 0 Å². The van der Waals surface area contributed by atoms with E-state index in [0.29, 0.717) is 19.4 Å². The van der Waals surface area contributed by atoms with Gasteiger partial charge in [-0.15, -0.1) is 5.06 Å². The van der Waals surface area contributed by atoms with Crippen LogP contribution in [0.2, 0.25) is 0 Å². The number of nitrogens with zero attached hydrogens (tertiary/aromatic N) is 1. The Morgan fingerprint density at radius 1 is 1.37 bits per heavy atom. The second-order valence-corrected chi connectivity index (χ2v) is 6.45. The minimum atomic E-state index is -0.820. The van der Waals surface area contributed by atoms with Crippen LogP contribution < -0.4 is 5.32 Å². The first-order valence-electron chi connectivity index (χ1n) is 9.04.